The van der Waals surface area contributed by atoms with E-state index < -0.39 is 22.8 Å². The molecule has 0 aliphatic carbocycles. The van der Waals surface area contributed by atoms with Gasteiger partial charge in [0, 0.05) is 31.9 Å². The average Bonchev–Trinajstić information content (AvgIpc) is 3.16. The molecule has 2 fully saturated rings. The molecule has 31 heavy (non-hydrogen) atoms. The van der Waals surface area contributed by atoms with Gasteiger partial charge in [0.05, 0.1) is 4.90 Å². The lowest BCUT2D eigenvalue weighted by atomic mass is 9.78. The van der Waals surface area contributed by atoms with Crippen molar-refractivity contribution >= 4 is 15.7 Å². The van der Waals surface area contributed by atoms with Gasteiger partial charge in [0.15, 0.2) is 6.61 Å². The number of rotatable bonds is 5. The lowest BCUT2D eigenvalue weighted by Crippen LogP contribution is -2.44. The summed E-state index contributed by atoms with van der Waals surface area (Å²) in [4.78, 5) is 2.54. The van der Waals surface area contributed by atoms with Gasteiger partial charge in [0.2, 0.25) is 10.0 Å². The molecule has 5 nitrogen and oxygen atoms in total. The zero-order valence-corrected chi connectivity index (χ0v) is 17.8. The number of sulfonamides is 1. The second-order valence-electron chi connectivity index (χ2n) is 8.29. The van der Waals surface area contributed by atoms with Crippen LogP contribution in [0, 0.1) is 5.41 Å². The van der Waals surface area contributed by atoms with E-state index in [1.54, 1.807) is 58.9 Å². The number of halogens is 3. The van der Waals surface area contributed by atoms with E-state index in [2.05, 4.69) is 4.90 Å². The van der Waals surface area contributed by atoms with Crippen LogP contribution in [0.25, 0.3) is 0 Å². The first-order chi connectivity index (χ1) is 14.7. The molecular formula is C22H25F3N2O3S. The van der Waals surface area contributed by atoms with Gasteiger partial charge in [-0.2, -0.15) is 17.5 Å². The van der Waals surface area contributed by atoms with Crippen molar-refractivity contribution in [2.45, 2.75) is 30.3 Å². The number of alkyl halides is 3. The van der Waals surface area contributed by atoms with Gasteiger partial charge in [-0.15, -0.1) is 0 Å². The highest BCUT2D eigenvalue weighted by atomic mass is 32.2. The minimum absolute atomic E-state index is 0.0637. The maximum atomic E-state index is 12.9. The summed E-state index contributed by atoms with van der Waals surface area (Å²) in [6, 6.07) is 15.2. The van der Waals surface area contributed by atoms with Gasteiger partial charge in [-0.1, -0.05) is 18.2 Å². The van der Waals surface area contributed by atoms with E-state index in [0.29, 0.717) is 18.0 Å². The summed E-state index contributed by atoms with van der Waals surface area (Å²) in [7, 11) is -3.47. The summed E-state index contributed by atoms with van der Waals surface area (Å²) in [5.41, 5.74) is 1.00. The van der Waals surface area contributed by atoms with Crippen molar-refractivity contribution in [1.29, 1.82) is 0 Å². The van der Waals surface area contributed by atoms with E-state index in [0.717, 1.165) is 38.0 Å². The van der Waals surface area contributed by atoms with Crippen molar-refractivity contribution in [2.75, 3.05) is 37.7 Å². The summed E-state index contributed by atoms with van der Waals surface area (Å²) >= 11 is 0. The quantitative estimate of drug-likeness (QED) is 0.676. The number of hydrogen-bond acceptors (Lipinski definition) is 4. The summed E-state index contributed by atoms with van der Waals surface area (Å²) in [6.07, 6.45) is -1.80. The van der Waals surface area contributed by atoms with Crippen molar-refractivity contribution in [2.24, 2.45) is 5.41 Å². The highest BCUT2D eigenvalue weighted by molar-refractivity contribution is 7.89. The molecule has 2 aliphatic rings. The SMILES string of the molecule is O=S(=O)(c1ccccc1)N1CCC2(CCN(c3ccc(OCC(F)(F)F)cc3)C2)CC1. The Morgan fingerprint density at radius 3 is 2.13 bits per heavy atom. The topological polar surface area (TPSA) is 49.9 Å². The van der Waals surface area contributed by atoms with Crippen LogP contribution >= 0.6 is 0 Å². The molecule has 2 aliphatic heterocycles. The van der Waals surface area contributed by atoms with Crippen molar-refractivity contribution in [3.8, 4) is 5.75 Å². The van der Waals surface area contributed by atoms with Crippen LogP contribution in [0.3, 0.4) is 0 Å². The van der Waals surface area contributed by atoms with E-state index in [4.69, 9.17) is 4.74 Å². The molecule has 0 saturated carbocycles. The molecule has 1 spiro atoms. The Balaban J connectivity index is 1.35. The summed E-state index contributed by atoms with van der Waals surface area (Å²) in [6.45, 7) is 1.34. The monoisotopic (exact) mass is 454 g/mol. The number of ether oxygens (including phenoxy) is 1. The fraction of sp³-hybridized carbons (Fsp3) is 0.455. The van der Waals surface area contributed by atoms with Gasteiger partial charge in [-0.05, 0) is 61.1 Å². The second kappa shape index (κ2) is 8.35. The maximum absolute atomic E-state index is 12.9. The van der Waals surface area contributed by atoms with Crippen LogP contribution in [0.15, 0.2) is 59.5 Å². The van der Waals surface area contributed by atoms with Gasteiger partial charge in [0.25, 0.3) is 0 Å². The van der Waals surface area contributed by atoms with Crippen LogP contribution in [-0.4, -0.2) is 51.7 Å². The molecule has 0 N–H and O–H groups in total. The second-order valence-corrected chi connectivity index (χ2v) is 10.2. The number of nitrogens with zero attached hydrogens (tertiary/aromatic N) is 2. The van der Waals surface area contributed by atoms with Crippen LogP contribution < -0.4 is 9.64 Å². The molecule has 0 amide bonds. The predicted octanol–water partition coefficient (Wildman–Crippen LogP) is 4.31. The Morgan fingerprint density at radius 2 is 1.52 bits per heavy atom. The summed E-state index contributed by atoms with van der Waals surface area (Å²) in [5, 5.41) is 0. The molecule has 0 atom stereocenters. The third-order valence-corrected chi connectivity index (χ3v) is 8.12. The summed E-state index contributed by atoms with van der Waals surface area (Å²) in [5.74, 6) is 0.189. The van der Waals surface area contributed by atoms with Crippen molar-refractivity contribution in [1.82, 2.24) is 4.31 Å². The van der Waals surface area contributed by atoms with Crippen molar-refractivity contribution in [3.63, 3.8) is 0 Å². The molecule has 0 bridgehead atoms. The smallest absolute Gasteiger partial charge is 0.422 e. The lowest BCUT2D eigenvalue weighted by Gasteiger charge is -2.38. The average molecular weight is 455 g/mol. The highest BCUT2D eigenvalue weighted by Crippen LogP contribution is 2.43. The van der Waals surface area contributed by atoms with Crippen molar-refractivity contribution < 1.29 is 26.3 Å². The largest absolute Gasteiger partial charge is 0.484 e. The van der Waals surface area contributed by atoms with E-state index in [-0.39, 0.29) is 11.2 Å². The predicted molar refractivity (Wildman–Crippen MR) is 112 cm³/mol. The highest BCUT2D eigenvalue weighted by Gasteiger charge is 2.43. The van der Waals surface area contributed by atoms with Crippen LogP contribution in [-0.2, 0) is 10.0 Å². The number of piperidine rings is 1. The molecular weight excluding hydrogens is 429 g/mol. The molecule has 2 saturated heterocycles. The number of anilines is 1. The van der Waals surface area contributed by atoms with Crippen LogP contribution in [0.1, 0.15) is 19.3 Å². The van der Waals surface area contributed by atoms with E-state index in [1.165, 1.54) is 0 Å². The normalized spacial score (nSPS) is 19.6. The standard InChI is InChI=1S/C22H25F3N2O3S/c23-22(24,25)17-30-19-8-6-18(7-9-19)26-13-10-21(16-26)11-14-27(15-12-21)31(28,29)20-4-2-1-3-5-20/h1-9H,10-17H2. The minimum atomic E-state index is -4.36. The number of hydrogen-bond donors (Lipinski definition) is 0. The first-order valence-electron chi connectivity index (χ1n) is 10.3. The van der Waals surface area contributed by atoms with Gasteiger partial charge in [0.1, 0.15) is 5.75 Å². The molecule has 0 aromatic heterocycles. The first-order valence-corrected chi connectivity index (χ1v) is 11.7. The van der Waals surface area contributed by atoms with Crippen LogP contribution in [0.2, 0.25) is 0 Å². The van der Waals surface area contributed by atoms with E-state index in [1.807, 2.05) is 0 Å². The molecule has 0 unspecified atom stereocenters. The fourth-order valence-electron chi connectivity index (χ4n) is 4.42. The van der Waals surface area contributed by atoms with Gasteiger partial charge >= 0.3 is 6.18 Å². The fourth-order valence-corrected chi connectivity index (χ4v) is 5.89. The Morgan fingerprint density at radius 1 is 0.903 bits per heavy atom. The Kier molecular flexibility index (Phi) is 5.91. The molecule has 2 aromatic carbocycles. The van der Waals surface area contributed by atoms with E-state index >= 15 is 0 Å². The van der Waals surface area contributed by atoms with Gasteiger partial charge < -0.3 is 9.64 Å². The maximum Gasteiger partial charge on any atom is 0.422 e. The third kappa shape index (κ3) is 4.98. The molecule has 4 rings (SSSR count). The molecule has 2 aromatic rings. The zero-order valence-electron chi connectivity index (χ0n) is 17.0. The molecule has 2 heterocycles. The summed E-state index contributed by atoms with van der Waals surface area (Å²) < 4.78 is 68.9. The van der Waals surface area contributed by atoms with Gasteiger partial charge in [-0.25, -0.2) is 8.42 Å². The minimum Gasteiger partial charge on any atom is -0.484 e. The zero-order chi connectivity index (χ0) is 22.1. The van der Waals surface area contributed by atoms with E-state index in [9.17, 15) is 21.6 Å². The molecule has 0 radical (unpaired) electrons. The van der Waals surface area contributed by atoms with Crippen LogP contribution in [0.4, 0.5) is 18.9 Å². The molecule has 9 heteroatoms. The van der Waals surface area contributed by atoms with Crippen LogP contribution in [0.5, 0.6) is 5.75 Å². The first kappa shape index (κ1) is 22.0. The third-order valence-electron chi connectivity index (χ3n) is 6.21. The Hall–Kier alpha value is -2.26. The Labute approximate surface area is 180 Å². The number of benzene rings is 2. The van der Waals surface area contributed by atoms with Crippen molar-refractivity contribution in [3.05, 3.63) is 54.6 Å². The van der Waals surface area contributed by atoms with Gasteiger partial charge in [-0.3, -0.25) is 0 Å². The molecule has 168 valence electrons. The lowest BCUT2D eigenvalue weighted by molar-refractivity contribution is -0.153. The Bertz CT molecular complexity index is 987.